The van der Waals surface area contributed by atoms with Crippen molar-refractivity contribution in [3.63, 3.8) is 0 Å². The largest absolute Gasteiger partial charge is 0.444 e. The maximum atomic E-state index is 12.9. The molecule has 2 amide bonds. The van der Waals surface area contributed by atoms with Gasteiger partial charge in [-0.05, 0) is 37.6 Å². The third-order valence-corrected chi connectivity index (χ3v) is 4.46. The lowest BCUT2D eigenvalue weighted by atomic mass is 10.0. The molecule has 6 nitrogen and oxygen atoms in total. The minimum atomic E-state index is -0.560. The predicted molar refractivity (Wildman–Crippen MR) is 103 cm³/mol. The van der Waals surface area contributed by atoms with E-state index in [2.05, 4.69) is 5.32 Å². The molecule has 6 heteroatoms. The molecule has 0 aliphatic carbocycles. The van der Waals surface area contributed by atoms with E-state index >= 15 is 0 Å². The molecule has 3 rings (SSSR count). The number of carbonyl (C=O) groups is 2. The van der Waals surface area contributed by atoms with Crippen LogP contribution in [0.1, 0.15) is 29.8 Å². The third kappa shape index (κ3) is 4.86. The van der Waals surface area contributed by atoms with E-state index in [1.165, 1.54) is 0 Å². The van der Waals surface area contributed by atoms with Crippen molar-refractivity contribution in [2.45, 2.75) is 26.0 Å². The maximum Gasteiger partial charge on any atom is 0.411 e. The zero-order valence-corrected chi connectivity index (χ0v) is 15.6. The molecule has 0 bridgehead atoms. The van der Waals surface area contributed by atoms with Crippen molar-refractivity contribution >= 4 is 17.7 Å². The van der Waals surface area contributed by atoms with Crippen LogP contribution in [0.3, 0.4) is 0 Å². The summed E-state index contributed by atoms with van der Waals surface area (Å²) in [5, 5.41) is 2.67. The molecule has 27 heavy (non-hydrogen) atoms. The first-order valence-electron chi connectivity index (χ1n) is 8.93. The number of anilines is 1. The second-order valence-electron chi connectivity index (χ2n) is 7.09. The Bertz CT molecular complexity index is 805. The maximum absolute atomic E-state index is 12.9. The Labute approximate surface area is 159 Å². The molecule has 0 unspecified atom stereocenters. The second-order valence-corrected chi connectivity index (χ2v) is 7.09. The average molecular weight is 368 g/mol. The summed E-state index contributed by atoms with van der Waals surface area (Å²) < 4.78 is 10.7. The normalized spacial score (nSPS) is 15.9. The van der Waals surface area contributed by atoms with Gasteiger partial charge in [0.1, 0.15) is 6.61 Å². The van der Waals surface area contributed by atoms with Gasteiger partial charge >= 0.3 is 6.09 Å². The highest BCUT2D eigenvalue weighted by molar-refractivity contribution is 5.96. The van der Waals surface area contributed by atoms with Gasteiger partial charge in [0.15, 0.2) is 0 Å². The Balaban J connectivity index is 1.63. The van der Waals surface area contributed by atoms with Crippen molar-refractivity contribution in [3.8, 4) is 0 Å². The lowest BCUT2D eigenvalue weighted by Gasteiger charge is -2.42. The molecular weight excluding hydrogens is 344 g/mol. The van der Waals surface area contributed by atoms with E-state index in [1.807, 2.05) is 49.1 Å². The quantitative estimate of drug-likeness (QED) is 0.894. The fraction of sp³-hybridized carbons (Fsp3) is 0.333. The van der Waals surface area contributed by atoms with Crippen LogP contribution in [-0.4, -0.2) is 42.2 Å². The van der Waals surface area contributed by atoms with Gasteiger partial charge < -0.3 is 14.4 Å². The van der Waals surface area contributed by atoms with Gasteiger partial charge in [0.25, 0.3) is 5.91 Å². The molecule has 2 aromatic carbocycles. The summed E-state index contributed by atoms with van der Waals surface area (Å²) in [6, 6.07) is 16.3. The molecule has 0 radical (unpaired) electrons. The summed E-state index contributed by atoms with van der Waals surface area (Å²) in [5.74, 6) is -0.0791. The van der Waals surface area contributed by atoms with E-state index in [0.29, 0.717) is 31.0 Å². The molecule has 0 aromatic heterocycles. The summed E-state index contributed by atoms with van der Waals surface area (Å²) >= 11 is 0. The fourth-order valence-corrected chi connectivity index (χ4v) is 3.00. The summed E-state index contributed by atoms with van der Waals surface area (Å²) in [6.45, 7) is 5.72. The molecule has 1 saturated heterocycles. The fourth-order valence-electron chi connectivity index (χ4n) is 3.00. The number of ether oxygens (including phenoxy) is 2. The number of nitrogens with one attached hydrogen (secondary N) is 1. The molecule has 1 aliphatic rings. The van der Waals surface area contributed by atoms with E-state index in [1.54, 1.807) is 24.3 Å². The predicted octanol–water partition coefficient (Wildman–Crippen LogP) is 3.69. The highest BCUT2D eigenvalue weighted by Crippen LogP contribution is 2.23. The van der Waals surface area contributed by atoms with Crippen molar-refractivity contribution in [2.75, 3.05) is 25.1 Å². The van der Waals surface area contributed by atoms with Gasteiger partial charge in [-0.2, -0.15) is 0 Å². The molecule has 0 spiro atoms. The van der Waals surface area contributed by atoms with Crippen LogP contribution in [0.5, 0.6) is 0 Å². The van der Waals surface area contributed by atoms with Gasteiger partial charge in [0, 0.05) is 17.8 Å². The molecule has 1 fully saturated rings. The highest BCUT2D eigenvalue weighted by Gasteiger charge is 2.34. The van der Waals surface area contributed by atoms with Gasteiger partial charge in [0.05, 0.1) is 18.8 Å². The molecule has 0 atom stereocenters. The number of benzene rings is 2. The smallest absolute Gasteiger partial charge is 0.411 e. The minimum Gasteiger partial charge on any atom is -0.444 e. The Morgan fingerprint density at radius 3 is 2.67 bits per heavy atom. The lowest BCUT2D eigenvalue weighted by molar-refractivity contribution is -0.0370. The first kappa shape index (κ1) is 18.9. The van der Waals surface area contributed by atoms with Gasteiger partial charge in [0.2, 0.25) is 0 Å². The van der Waals surface area contributed by atoms with Gasteiger partial charge in [-0.3, -0.25) is 10.1 Å². The van der Waals surface area contributed by atoms with E-state index in [4.69, 9.17) is 9.47 Å². The van der Waals surface area contributed by atoms with Crippen LogP contribution in [-0.2, 0) is 16.1 Å². The highest BCUT2D eigenvalue weighted by atomic mass is 16.5. The average Bonchev–Trinajstić information content (AvgIpc) is 2.66. The summed E-state index contributed by atoms with van der Waals surface area (Å²) in [5.41, 5.74) is 1.58. The van der Waals surface area contributed by atoms with E-state index in [0.717, 1.165) is 5.56 Å². The van der Waals surface area contributed by atoms with Crippen molar-refractivity contribution < 1.29 is 19.1 Å². The Morgan fingerprint density at radius 2 is 1.93 bits per heavy atom. The first-order valence-corrected chi connectivity index (χ1v) is 8.93. The molecule has 1 aliphatic heterocycles. The number of hydrogen-bond donors (Lipinski definition) is 1. The number of hydrogen-bond acceptors (Lipinski definition) is 4. The summed E-state index contributed by atoms with van der Waals surface area (Å²) in [7, 11) is 0. The third-order valence-electron chi connectivity index (χ3n) is 4.46. The van der Waals surface area contributed by atoms with Gasteiger partial charge in [-0.1, -0.05) is 36.4 Å². The lowest BCUT2D eigenvalue weighted by Crippen LogP contribution is -2.55. The van der Waals surface area contributed by atoms with Crippen molar-refractivity contribution in [3.05, 3.63) is 65.7 Å². The number of amides is 2. The van der Waals surface area contributed by atoms with Crippen LogP contribution in [0.2, 0.25) is 0 Å². The summed E-state index contributed by atoms with van der Waals surface area (Å²) in [4.78, 5) is 26.7. The molecule has 1 N–H and O–H groups in total. The standard InChI is InChI=1S/C21H24N2O4/c1-21(2)15-26-12-11-23(21)19(24)17-9-6-10-18(13-17)22-20(25)27-14-16-7-4-3-5-8-16/h3-10,13H,11-12,14-15H2,1-2H3,(H,22,25). The summed E-state index contributed by atoms with van der Waals surface area (Å²) in [6.07, 6.45) is -0.560. The number of carbonyl (C=O) groups excluding carboxylic acids is 2. The molecule has 2 aromatic rings. The SMILES string of the molecule is CC1(C)COCCN1C(=O)c1cccc(NC(=O)OCc2ccccc2)c1. The van der Waals surface area contributed by atoms with Crippen LogP contribution >= 0.6 is 0 Å². The molecule has 0 saturated carbocycles. The Hall–Kier alpha value is -2.86. The number of rotatable bonds is 4. The van der Waals surface area contributed by atoms with Crippen LogP contribution in [0.4, 0.5) is 10.5 Å². The van der Waals surface area contributed by atoms with E-state index < -0.39 is 6.09 Å². The first-order chi connectivity index (χ1) is 13.0. The van der Waals surface area contributed by atoms with Crippen molar-refractivity contribution in [1.29, 1.82) is 0 Å². The molecule has 142 valence electrons. The second kappa shape index (κ2) is 8.22. The Kier molecular flexibility index (Phi) is 5.76. The molecule has 1 heterocycles. The van der Waals surface area contributed by atoms with E-state index in [9.17, 15) is 9.59 Å². The topological polar surface area (TPSA) is 67.9 Å². The van der Waals surface area contributed by atoms with Crippen molar-refractivity contribution in [2.24, 2.45) is 0 Å². The van der Waals surface area contributed by atoms with Crippen molar-refractivity contribution in [1.82, 2.24) is 4.90 Å². The van der Waals surface area contributed by atoms with Crippen LogP contribution in [0.15, 0.2) is 54.6 Å². The van der Waals surface area contributed by atoms with E-state index in [-0.39, 0.29) is 18.1 Å². The minimum absolute atomic E-state index is 0.0791. The van der Waals surface area contributed by atoms with Crippen LogP contribution < -0.4 is 5.32 Å². The van der Waals surface area contributed by atoms with Crippen LogP contribution in [0.25, 0.3) is 0 Å². The molecular formula is C21H24N2O4. The monoisotopic (exact) mass is 368 g/mol. The van der Waals surface area contributed by atoms with Crippen LogP contribution in [0, 0.1) is 0 Å². The zero-order valence-electron chi connectivity index (χ0n) is 15.6. The zero-order chi connectivity index (χ0) is 19.3. The van der Waals surface area contributed by atoms with Gasteiger partial charge in [-0.25, -0.2) is 4.79 Å². The number of nitrogens with zero attached hydrogens (tertiary/aromatic N) is 1. The number of morpholine rings is 1. The van der Waals surface area contributed by atoms with Gasteiger partial charge in [-0.15, -0.1) is 0 Å². The Morgan fingerprint density at radius 1 is 1.15 bits per heavy atom.